The van der Waals surface area contributed by atoms with Crippen LogP contribution in [0.15, 0.2) is 12.1 Å². The Balaban J connectivity index is 1.56. The van der Waals surface area contributed by atoms with Crippen LogP contribution in [0.2, 0.25) is 5.02 Å². The summed E-state index contributed by atoms with van der Waals surface area (Å²) in [5.41, 5.74) is 1.24. The number of hydrogen-bond acceptors (Lipinski definition) is 5. The number of anilines is 1. The highest BCUT2D eigenvalue weighted by Gasteiger charge is 2.33. The van der Waals surface area contributed by atoms with Gasteiger partial charge in [0, 0.05) is 37.3 Å². The van der Waals surface area contributed by atoms with Crippen LogP contribution in [0, 0.1) is 12.8 Å². The Kier molecular flexibility index (Phi) is 7.64. The zero-order valence-electron chi connectivity index (χ0n) is 18.3. The van der Waals surface area contributed by atoms with E-state index in [0.29, 0.717) is 36.0 Å². The molecule has 3 rings (SSSR count). The Morgan fingerprint density at radius 3 is 2.48 bits per heavy atom. The molecule has 1 aromatic rings. The fraction of sp³-hybridized carbons (Fsp3) is 0.591. The lowest BCUT2D eigenvalue weighted by Gasteiger charge is -2.34. The predicted octanol–water partition coefficient (Wildman–Crippen LogP) is 3.46. The molecular weight excluding hydrogens is 422 g/mol. The van der Waals surface area contributed by atoms with Crippen molar-refractivity contribution in [3.05, 3.63) is 22.7 Å². The number of rotatable bonds is 5. The van der Waals surface area contributed by atoms with Crippen LogP contribution in [0.3, 0.4) is 0 Å². The second-order valence-corrected chi connectivity index (χ2v) is 8.54. The lowest BCUT2D eigenvalue weighted by molar-refractivity contribution is -0.158. The molecule has 2 atom stereocenters. The summed E-state index contributed by atoms with van der Waals surface area (Å²) in [6.07, 6.45) is 2.44. The summed E-state index contributed by atoms with van der Waals surface area (Å²) < 4.78 is 10.7. The van der Waals surface area contributed by atoms with E-state index in [-0.39, 0.29) is 6.03 Å². The number of likely N-dealkylation sites (tertiary alicyclic amines) is 2. The fourth-order valence-electron chi connectivity index (χ4n) is 3.94. The molecule has 2 heterocycles. The van der Waals surface area contributed by atoms with E-state index in [2.05, 4.69) is 5.32 Å². The van der Waals surface area contributed by atoms with E-state index < -0.39 is 23.9 Å². The molecule has 0 saturated carbocycles. The zero-order valence-corrected chi connectivity index (χ0v) is 19.0. The first-order valence-electron chi connectivity index (χ1n) is 10.7. The third kappa shape index (κ3) is 5.61. The predicted molar refractivity (Wildman–Crippen MR) is 117 cm³/mol. The van der Waals surface area contributed by atoms with E-state index >= 15 is 0 Å². The standard InChI is InChI=1S/C22H30ClN3O5/c1-14-11-18(19(30-3)12-17(14)23)24-20(27)15(2)31-21(28)16-7-6-10-26(13-16)22(29)25-8-4-5-9-25/h11-12,15-16H,4-10,13H2,1-3H3,(H,24,27)/t15-,16-/m0/s1. The topological polar surface area (TPSA) is 88.2 Å². The van der Waals surface area contributed by atoms with E-state index in [4.69, 9.17) is 21.1 Å². The van der Waals surface area contributed by atoms with Crippen molar-refractivity contribution in [2.45, 2.75) is 45.6 Å². The number of methoxy groups -OCH3 is 1. The number of nitrogens with zero attached hydrogens (tertiary/aromatic N) is 2. The Morgan fingerprint density at radius 2 is 1.81 bits per heavy atom. The molecule has 31 heavy (non-hydrogen) atoms. The number of esters is 1. The van der Waals surface area contributed by atoms with Crippen molar-refractivity contribution in [1.29, 1.82) is 0 Å². The highest BCUT2D eigenvalue weighted by molar-refractivity contribution is 6.31. The number of aryl methyl sites for hydroxylation is 1. The van der Waals surface area contributed by atoms with Crippen LogP contribution in [0.1, 0.15) is 38.2 Å². The van der Waals surface area contributed by atoms with Crippen molar-refractivity contribution in [2.24, 2.45) is 5.92 Å². The second kappa shape index (κ2) is 10.2. The third-order valence-electron chi connectivity index (χ3n) is 5.80. The number of urea groups is 1. The van der Waals surface area contributed by atoms with Gasteiger partial charge in [-0.2, -0.15) is 0 Å². The summed E-state index contributed by atoms with van der Waals surface area (Å²) in [6.45, 7) is 5.86. The van der Waals surface area contributed by atoms with Crippen LogP contribution in [0.25, 0.3) is 0 Å². The summed E-state index contributed by atoms with van der Waals surface area (Å²) in [7, 11) is 1.48. The van der Waals surface area contributed by atoms with Crippen LogP contribution in [0.4, 0.5) is 10.5 Å². The SMILES string of the molecule is COc1cc(Cl)c(C)cc1NC(=O)[C@H](C)OC(=O)[C@H]1CCCN(C(=O)N2CCCC2)C1. The summed E-state index contributed by atoms with van der Waals surface area (Å²) in [5, 5.41) is 3.26. The molecular formula is C22H30ClN3O5. The molecule has 1 aromatic carbocycles. The van der Waals surface area contributed by atoms with Crippen LogP contribution in [-0.2, 0) is 14.3 Å². The van der Waals surface area contributed by atoms with Crippen LogP contribution in [-0.4, -0.2) is 67.1 Å². The summed E-state index contributed by atoms with van der Waals surface area (Å²) in [6, 6.07) is 3.32. The number of halogens is 1. The van der Waals surface area contributed by atoms with Crippen molar-refractivity contribution >= 4 is 35.2 Å². The maximum absolute atomic E-state index is 12.7. The van der Waals surface area contributed by atoms with E-state index in [1.165, 1.54) is 14.0 Å². The minimum absolute atomic E-state index is 0.00834. The molecule has 2 aliphatic rings. The molecule has 9 heteroatoms. The smallest absolute Gasteiger partial charge is 0.320 e. The van der Waals surface area contributed by atoms with E-state index in [9.17, 15) is 14.4 Å². The lowest BCUT2D eigenvalue weighted by atomic mass is 9.98. The van der Waals surface area contributed by atoms with Gasteiger partial charge in [-0.15, -0.1) is 0 Å². The van der Waals surface area contributed by atoms with E-state index in [1.54, 1.807) is 17.0 Å². The summed E-state index contributed by atoms with van der Waals surface area (Å²) in [5.74, 6) is -0.927. The largest absolute Gasteiger partial charge is 0.495 e. The van der Waals surface area contributed by atoms with Crippen molar-refractivity contribution in [1.82, 2.24) is 9.80 Å². The zero-order chi connectivity index (χ0) is 22.5. The van der Waals surface area contributed by atoms with Gasteiger partial charge >= 0.3 is 12.0 Å². The average Bonchev–Trinajstić information content (AvgIpc) is 3.30. The summed E-state index contributed by atoms with van der Waals surface area (Å²) >= 11 is 6.10. The van der Waals surface area contributed by atoms with E-state index in [1.807, 2.05) is 11.8 Å². The fourth-order valence-corrected chi connectivity index (χ4v) is 4.09. The summed E-state index contributed by atoms with van der Waals surface area (Å²) in [4.78, 5) is 41.5. The van der Waals surface area contributed by atoms with Gasteiger partial charge in [-0.1, -0.05) is 11.6 Å². The van der Waals surface area contributed by atoms with Crippen molar-refractivity contribution in [3.63, 3.8) is 0 Å². The quantitative estimate of drug-likeness (QED) is 0.692. The lowest BCUT2D eigenvalue weighted by Crippen LogP contribution is -2.48. The maximum atomic E-state index is 12.7. The molecule has 2 fully saturated rings. The van der Waals surface area contributed by atoms with Gasteiger partial charge in [-0.3, -0.25) is 9.59 Å². The van der Waals surface area contributed by atoms with Gasteiger partial charge in [-0.25, -0.2) is 4.79 Å². The minimum Gasteiger partial charge on any atom is -0.495 e. The molecule has 0 radical (unpaired) electrons. The molecule has 0 spiro atoms. The monoisotopic (exact) mass is 451 g/mol. The molecule has 1 N–H and O–H groups in total. The number of piperidine rings is 1. The molecule has 0 bridgehead atoms. The van der Waals surface area contributed by atoms with Crippen molar-refractivity contribution in [2.75, 3.05) is 38.6 Å². The number of carbonyl (C=O) groups excluding carboxylic acids is 3. The molecule has 0 aliphatic carbocycles. The molecule has 2 saturated heterocycles. The van der Waals surface area contributed by atoms with Gasteiger partial charge in [0.25, 0.3) is 5.91 Å². The number of nitrogens with one attached hydrogen (secondary N) is 1. The molecule has 3 amide bonds. The second-order valence-electron chi connectivity index (χ2n) is 8.13. The van der Waals surface area contributed by atoms with Gasteiger partial charge in [0.2, 0.25) is 0 Å². The first-order chi connectivity index (χ1) is 14.8. The van der Waals surface area contributed by atoms with Gasteiger partial charge in [0.1, 0.15) is 5.75 Å². The van der Waals surface area contributed by atoms with Crippen LogP contribution < -0.4 is 10.1 Å². The first kappa shape index (κ1) is 23.2. The molecule has 170 valence electrons. The van der Waals surface area contributed by atoms with E-state index in [0.717, 1.165) is 37.9 Å². The molecule has 0 aromatic heterocycles. The van der Waals surface area contributed by atoms with Gasteiger partial charge in [-0.05, 0) is 51.2 Å². The van der Waals surface area contributed by atoms with Gasteiger partial charge in [0.15, 0.2) is 6.10 Å². The minimum atomic E-state index is -0.988. The average molecular weight is 452 g/mol. The van der Waals surface area contributed by atoms with Gasteiger partial charge < -0.3 is 24.6 Å². The number of amides is 3. The van der Waals surface area contributed by atoms with Crippen LogP contribution in [0.5, 0.6) is 5.75 Å². The Hall–Kier alpha value is -2.48. The normalized spacial score (nSPS) is 19.7. The van der Waals surface area contributed by atoms with Crippen molar-refractivity contribution in [3.8, 4) is 5.75 Å². The maximum Gasteiger partial charge on any atom is 0.320 e. The van der Waals surface area contributed by atoms with Gasteiger partial charge in [0.05, 0.1) is 18.7 Å². The first-order valence-corrected chi connectivity index (χ1v) is 11.1. The highest BCUT2D eigenvalue weighted by atomic mass is 35.5. The van der Waals surface area contributed by atoms with Crippen LogP contribution >= 0.6 is 11.6 Å². The highest BCUT2D eigenvalue weighted by Crippen LogP contribution is 2.31. The third-order valence-corrected chi connectivity index (χ3v) is 6.21. The Labute approximate surface area is 187 Å². The number of hydrogen-bond donors (Lipinski definition) is 1. The Morgan fingerprint density at radius 1 is 1.13 bits per heavy atom. The Bertz CT molecular complexity index is 841. The number of carbonyl (C=O) groups is 3. The molecule has 0 unspecified atom stereocenters. The molecule has 8 nitrogen and oxygen atoms in total. The number of benzene rings is 1. The molecule has 2 aliphatic heterocycles. The number of ether oxygens (including phenoxy) is 2. The van der Waals surface area contributed by atoms with Crippen molar-refractivity contribution < 1.29 is 23.9 Å².